The molecule has 1 aliphatic heterocycles. The van der Waals surface area contributed by atoms with Gasteiger partial charge in [0.2, 0.25) is 0 Å². The van der Waals surface area contributed by atoms with Crippen LogP contribution in [0, 0.1) is 10.1 Å². The van der Waals surface area contributed by atoms with Crippen LogP contribution in [0.3, 0.4) is 0 Å². The van der Waals surface area contributed by atoms with E-state index < -0.39 is 4.92 Å². The molecule has 2 N–H and O–H groups in total. The molecular formula is C11H12N4O2S. The molecule has 1 fully saturated rings. The van der Waals surface area contributed by atoms with Gasteiger partial charge in [0.25, 0.3) is 5.69 Å². The second-order valence-electron chi connectivity index (χ2n) is 4.23. The quantitative estimate of drug-likeness (QED) is 0.653. The number of aromatic nitrogens is 2. The molecule has 18 heavy (non-hydrogen) atoms. The maximum absolute atomic E-state index is 10.7. The molecule has 1 aromatic carbocycles. The Kier molecular flexibility index (Phi) is 2.92. The maximum Gasteiger partial charge on any atom is 0.271 e. The summed E-state index contributed by atoms with van der Waals surface area (Å²) in [6, 6.07) is 4.69. The van der Waals surface area contributed by atoms with E-state index in [0.29, 0.717) is 5.25 Å². The van der Waals surface area contributed by atoms with E-state index in [-0.39, 0.29) is 5.69 Å². The first-order valence-corrected chi connectivity index (χ1v) is 6.62. The third kappa shape index (κ3) is 2.19. The van der Waals surface area contributed by atoms with Gasteiger partial charge < -0.3 is 10.3 Å². The smallest absolute Gasteiger partial charge is 0.271 e. The van der Waals surface area contributed by atoms with Crippen molar-refractivity contribution >= 4 is 28.5 Å². The van der Waals surface area contributed by atoms with Gasteiger partial charge in [-0.3, -0.25) is 10.1 Å². The Morgan fingerprint density at radius 1 is 1.50 bits per heavy atom. The highest BCUT2D eigenvalue weighted by atomic mass is 32.2. The zero-order valence-electron chi connectivity index (χ0n) is 9.55. The average molecular weight is 264 g/mol. The van der Waals surface area contributed by atoms with Crippen LogP contribution in [0.2, 0.25) is 0 Å². The molecule has 94 valence electrons. The minimum absolute atomic E-state index is 0.0882. The highest BCUT2D eigenvalue weighted by molar-refractivity contribution is 7.99. The number of H-pyrrole nitrogens is 1. The van der Waals surface area contributed by atoms with E-state index in [0.717, 1.165) is 35.7 Å². The Balaban J connectivity index is 1.87. The van der Waals surface area contributed by atoms with E-state index in [9.17, 15) is 10.1 Å². The minimum Gasteiger partial charge on any atom is -0.333 e. The molecule has 0 spiro atoms. The lowest BCUT2D eigenvalue weighted by Crippen LogP contribution is -2.10. The summed E-state index contributed by atoms with van der Waals surface area (Å²) in [7, 11) is 0. The molecule has 1 unspecified atom stereocenters. The van der Waals surface area contributed by atoms with E-state index in [1.54, 1.807) is 17.8 Å². The normalized spacial score (nSPS) is 19.4. The monoisotopic (exact) mass is 264 g/mol. The number of rotatable bonds is 3. The predicted molar refractivity (Wildman–Crippen MR) is 69.9 cm³/mol. The van der Waals surface area contributed by atoms with Crippen LogP contribution >= 0.6 is 11.8 Å². The van der Waals surface area contributed by atoms with Gasteiger partial charge in [-0.25, -0.2) is 4.98 Å². The number of thioether (sulfide) groups is 1. The van der Waals surface area contributed by atoms with Crippen molar-refractivity contribution in [1.29, 1.82) is 0 Å². The molecule has 7 heteroatoms. The van der Waals surface area contributed by atoms with Crippen LogP contribution in [-0.2, 0) is 0 Å². The maximum atomic E-state index is 10.7. The predicted octanol–water partition coefficient (Wildman–Crippen LogP) is 1.93. The number of non-ortho nitro benzene ring substituents is 1. The summed E-state index contributed by atoms with van der Waals surface area (Å²) in [5.74, 6) is 0. The molecule has 0 bridgehead atoms. The lowest BCUT2D eigenvalue weighted by Gasteiger charge is -2.03. The molecule has 2 heterocycles. The van der Waals surface area contributed by atoms with Crippen LogP contribution in [0.4, 0.5) is 5.69 Å². The zero-order valence-corrected chi connectivity index (χ0v) is 10.4. The third-order valence-electron chi connectivity index (χ3n) is 2.95. The van der Waals surface area contributed by atoms with Crippen molar-refractivity contribution in [2.45, 2.75) is 16.8 Å². The molecule has 3 rings (SSSR count). The van der Waals surface area contributed by atoms with Gasteiger partial charge in [0.05, 0.1) is 16.0 Å². The van der Waals surface area contributed by atoms with E-state index in [2.05, 4.69) is 15.3 Å². The third-order valence-corrected chi connectivity index (χ3v) is 4.10. The number of nitro benzene ring substituents is 1. The standard InChI is InChI=1S/C11H12N4O2S/c16-15(17)7-1-2-9-10(5-7)14-11(13-9)18-8-3-4-12-6-8/h1-2,5,8,12H,3-4,6H2,(H,13,14). The Morgan fingerprint density at radius 3 is 3.11 bits per heavy atom. The van der Waals surface area contributed by atoms with Crippen molar-refractivity contribution in [3.63, 3.8) is 0 Å². The van der Waals surface area contributed by atoms with Gasteiger partial charge in [-0.15, -0.1) is 0 Å². The van der Waals surface area contributed by atoms with E-state index in [4.69, 9.17) is 0 Å². The summed E-state index contributed by atoms with van der Waals surface area (Å²) in [5, 5.41) is 15.3. The van der Waals surface area contributed by atoms with Crippen LogP contribution < -0.4 is 5.32 Å². The second kappa shape index (κ2) is 4.58. The fourth-order valence-corrected chi connectivity index (χ4v) is 3.10. The SMILES string of the molecule is O=[N+]([O-])c1ccc2nc(SC3CCNC3)[nH]c2c1. The van der Waals surface area contributed by atoms with Gasteiger partial charge in [0.1, 0.15) is 0 Å². The van der Waals surface area contributed by atoms with Crippen LogP contribution in [-0.4, -0.2) is 33.2 Å². The molecular weight excluding hydrogens is 252 g/mol. The highest BCUT2D eigenvalue weighted by Gasteiger charge is 2.18. The molecule has 0 saturated carbocycles. The van der Waals surface area contributed by atoms with Crippen molar-refractivity contribution in [3.8, 4) is 0 Å². The molecule has 0 amide bonds. The van der Waals surface area contributed by atoms with Crippen molar-refractivity contribution in [3.05, 3.63) is 28.3 Å². The molecule has 1 atom stereocenters. The molecule has 0 aliphatic carbocycles. The van der Waals surface area contributed by atoms with Gasteiger partial charge >= 0.3 is 0 Å². The molecule has 1 aromatic heterocycles. The number of fused-ring (bicyclic) bond motifs is 1. The summed E-state index contributed by atoms with van der Waals surface area (Å²) in [4.78, 5) is 17.9. The van der Waals surface area contributed by atoms with Crippen LogP contribution in [0.15, 0.2) is 23.4 Å². The molecule has 1 saturated heterocycles. The Labute approximate surface area is 107 Å². The Morgan fingerprint density at radius 2 is 2.39 bits per heavy atom. The number of aromatic amines is 1. The van der Waals surface area contributed by atoms with Gasteiger partial charge in [0.15, 0.2) is 5.16 Å². The van der Waals surface area contributed by atoms with Gasteiger partial charge in [-0.05, 0) is 19.0 Å². The van der Waals surface area contributed by atoms with Crippen LogP contribution in [0.5, 0.6) is 0 Å². The molecule has 1 aliphatic rings. The zero-order chi connectivity index (χ0) is 12.5. The van der Waals surface area contributed by atoms with Gasteiger partial charge in [-0.1, -0.05) is 11.8 Å². The van der Waals surface area contributed by atoms with E-state index >= 15 is 0 Å². The number of hydrogen-bond donors (Lipinski definition) is 2. The topological polar surface area (TPSA) is 83.8 Å². The fraction of sp³-hybridized carbons (Fsp3) is 0.364. The lowest BCUT2D eigenvalue weighted by molar-refractivity contribution is -0.384. The number of benzene rings is 1. The molecule has 6 nitrogen and oxygen atoms in total. The van der Waals surface area contributed by atoms with E-state index in [1.165, 1.54) is 12.1 Å². The lowest BCUT2D eigenvalue weighted by atomic mass is 10.3. The largest absolute Gasteiger partial charge is 0.333 e. The van der Waals surface area contributed by atoms with Crippen molar-refractivity contribution in [2.75, 3.05) is 13.1 Å². The van der Waals surface area contributed by atoms with E-state index in [1.807, 2.05) is 0 Å². The number of nitrogens with one attached hydrogen (secondary N) is 2. The van der Waals surface area contributed by atoms with Gasteiger partial charge in [-0.2, -0.15) is 0 Å². The molecule has 0 radical (unpaired) electrons. The van der Waals surface area contributed by atoms with Crippen molar-refractivity contribution in [1.82, 2.24) is 15.3 Å². The summed E-state index contributed by atoms with van der Waals surface area (Å²) in [5.41, 5.74) is 1.58. The second-order valence-corrected chi connectivity index (χ2v) is 5.52. The molecule has 2 aromatic rings. The first-order chi connectivity index (χ1) is 8.72. The summed E-state index contributed by atoms with van der Waals surface area (Å²) in [6.07, 6.45) is 1.13. The average Bonchev–Trinajstić information content (AvgIpc) is 2.96. The number of nitro groups is 1. The fourth-order valence-electron chi connectivity index (χ4n) is 2.03. The van der Waals surface area contributed by atoms with Crippen molar-refractivity contribution < 1.29 is 4.92 Å². The Bertz CT molecular complexity index is 592. The first kappa shape index (κ1) is 11.5. The van der Waals surface area contributed by atoms with Gasteiger partial charge in [0, 0.05) is 23.9 Å². The summed E-state index contributed by atoms with van der Waals surface area (Å²) >= 11 is 1.69. The summed E-state index contributed by atoms with van der Waals surface area (Å²) < 4.78 is 0. The van der Waals surface area contributed by atoms with Crippen LogP contribution in [0.25, 0.3) is 11.0 Å². The van der Waals surface area contributed by atoms with Crippen LogP contribution in [0.1, 0.15) is 6.42 Å². The number of hydrogen-bond acceptors (Lipinski definition) is 5. The number of imidazole rings is 1. The highest BCUT2D eigenvalue weighted by Crippen LogP contribution is 2.27. The van der Waals surface area contributed by atoms with Crippen molar-refractivity contribution in [2.24, 2.45) is 0 Å². The Hall–Kier alpha value is -1.60. The minimum atomic E-state index is -0.395. The number of nitrogens with zero attached hydrogens (tertiary/aromatic N) is 2. The first-order valence-electron chi connectivity index (χ1n) is 5.74. The summed E-state index contributed by atoms with van der Waals surface area (Å²) in [6.45, 7) is 2.03.